The Kier molecular flexibility index (Phi) is 3.97. The summed E-state index contributed by atoms with van der Waals surface area (Å²) in [6.07, 6.45) is 0. The summed E-state index contributed by atoms with van der Waals surface area (Å²) < 4.78 is 0. The lowest BCUT2D eigenvalue weighted by molar-refractivity contribution is 0.103. The van der Waals surface area contributed by atoms with Gasteiger partial charge in [0.05, 0.1) is 0 Å². The summed E-state index contributed by atoms with van der Waals surface area (Å²) in [5, 5.41) is 3.42. The van der Waals surface area contributed by atoms with E-state index in [1.165, 1.54) is 0 Å². The number of piperazine rings is 1. The minimum absolute atomic E-state index is 0.127. The maximum absolute atomic E-state index is 12.0. The lowest BCUT2D eigenvalue weighted by Gasteiger charge is -2.42. The maximum atomic E-state index is 12.0. The van der Waals surface area contributed by atoms with Crippen LogP contribution in [0.5, 0.6) is 0 Å². The molecule has 0 aromatic carbocycles. The fourth-order valence-electron chi connectivity index (χ4n) is 2.00. The van der Waals surface area contributed by atoms with Crippen molar-refractivity contribution in [1.82, 2.24) is 15.1 Å². The van der Waals surface area contributed by atoms with Gasteiger partial charge in [0.2, 0.25) is 0 Å². The van der Waals surface area contributed by atoms with E-state index in [2.05, 4.69) is 26.1 Å². The molecule has 1 aliphatic heterocycles. The minimum atomic E-state index is 0.127. The van der Waals surface area contributed by atoms with Gasteiger partial charge in [-0.25, -0.2) is 4.79 Å². The van der Waals surface area contributed by atoms with Gasteiger partial charge in [0.1, 0.15) is 0 Å². The van der Waals surface area contributed by atoms with Gasteiger partial charge in [-0.2, -0.15) is 0 Å². The zero-order chi connectivity index (χ0) is 11.6. The predicted octanol–water partition coefficient (Wildman–Crippen LogP) is 0.986. The van der Waals surface area contributed by atoms with Crippen molar-refractivity contribution in [2.45, 2.75) is 32.9 Å². The third kappa shape index (κ3) is 2.84. The Morgan fingerprint density at radius 3 is 2.53 bits per heavy atom. The number of carbonyl (C=O) groups is 1. The molecule has 0 saturated carbocycles. The van der Waals surface area contributed by atoms with Crippen LogP contribution in [0.15, 0.2) is 0 Å². The zero-order valence-electron chi connectivity index (χ0n) is 10.4. The number of urea groups is 1. The van der Waals surface area contributed by atoms with Crippen LogP contribution in [0.1, 0.15) is 20.8 Å². The van der Waals surface area contributed by atoms with E-state index in [-0.39, 0.29) is 6.03 Å². The molecule has 0 radical (unpaired) electrons. The van der Waals surface area contributed by atoms with Gasteiger partial charge in [0, 0.05) is 39.3 Å². The molecule has 1 aliphatic rings. The van der Waals surface area contributed by atoms with Crippen molar-refractivity contribution in [2.24, 2.45) is 5.92 Å². The summed E-state index contributed by atoms with van der Waals surface area (Å²) in [6, 6.07) is 0.835. The number of nitrogens with zero attached hydrogens (tertiary/aromatic N) is 2. The molecule has 4 nitrogen and oxygen atoms in total. The Balaban J connectivity index is 2.74. The van der Waals surface area contributed by atoms with Crippen LogP contribution in [0.3, 0.4) is 0 Å². The molecule has 1 heterocycles. The molecule has 1 saturated heterocycles. The first-order chi connectivity index (χ1) is 6.93. The van der Waals surface area contributed by atoms with Gasteiger partial charge in [0.15, 0.2) is 0 Å². The van der Waals surface area contributed by atoms with E-state index in [1.807, 2.05) is 19.0 Å². The topological polar surface area (TPSA) is 35.6 Å². The normalized spacial score (nSPS) is 26.9. The van der Waals surface area contributed by atoms with Gasteiger partial charge in [-0.15, -0.1) is 0 Å². The van der Waals surface area contributed by atoms with Crippen LogP contribution >= 0.6 is 0 Å². The molecule has 0 bridgehead atoms. The fraction of sp³-hybridized carbons (Fsp3) is 0.909. The molecule has 0 aromatic rings. The number of hydrogen-bond acceptors (Lipinski definition) is 2. The molecule has 15 heavy (non-hydrogen) atoms. The molecule has 2 atom stereocenters. The summed E-state index contributed by atoms with van der Waals surface area (Å²) in [6.45, 7) is 8.15. The van der Waals surface area contributed by atoms with E-state index in [1.54, 1.807) is 4.90 Å². The standard InChI is InChI=1S/C11H23N3O/c1-8(2)10-6-12-9(3)7-14(10)11(15)13(4)5/h8-10,12H,6-7H2,1-5H3. The van der Waals surface area contributed by atoms with Crippen molar-refractivity contribution in [3.63, 3.8) is 0 Å². The van der Waals surface area contributed by atoms with Crippen molar-refractivity contribution in [1.29, 1.82) is 0 Å². The van der Waals surface area contributed by atoms with E-state index in [0.717, 1.165) is 13.1 Å². The lowest BCUT2D eigenvalue weighted by Crippen LogP contribution is -2.60. The van der Waals surface area contributed by atoms with Crippen LogP contribution in [0.4, 0.5) is 4.79 Å². The molecular formula is C11H23N3O. The number of rotatable bonds is 1. The predicted molar refractivity (Wildman–Crippen MR) is 61.9 cm³/mol. The first-order valence-corrected chi connectivity index (χ1v) is 5.64. The molecule has 0 aromatic heterocycles. The van der Waals surface area contributed by atoms with E-state index >= 15 is 0 Å². The first-order valence-electron chi connectivity index (χ1n) is 5.64. The Labute approximate surface area is 92.6 Å². The third-order valence-corrected chi connectivity index (χ3v) is 2.94. The van der Waals surface area contributed by atoms with E-state index in [9.17, 15) is 4.79 Å². The zero-order valence-corrected chi connectivity index (χ0v) is 10.4. The summed E-state index contributed by atoms with van der Waals surface area (Å²) in [4.78, 5) is 15.6. The summed E-state index contributed by atoms with van der Waals surface area (Å²) >= 11 is 0. The van der Waals surface area contributed by atoms with Crippen molar-refractivity contribution < 1.29 is 4.79 Å². The molecule has 0 spiro atoms. The van der Waals surface area contributed by atoms with E-state index in [4.69, 9.17) is 0 Å². The van der Waals surface area contributed by atoms with Crippen molar-refractivity contribution >= 4 is 6.03 Å². The molecular weight excluding hydrogens is 190 g/mol. The average Bonchev–Trinajstić information content (AvgIpc) is 2.15. The summed E-state index contributed by atoms with van der Waals surface area (Å²) in [5.74, 6) is 0.494. The van der Waals surface area contributed by atoms with Gasteiger partial charge in [-0.05, 0) is 12.8 Å². The fourth-order valence-corrected chi connectivity index (χ4v) is 2.00. The van der Waals surface area contributed by atoms with Crippen LogP contribution < -0.4 is 5.32 Å². The second kappa shape index (κ2) is 4.84. The van der Waals surface area contributed by atoms with Gasteiger partial charge in [-0.1, -0.05) is 13.8 Å². The molecule has 1 rings (SSSR count). The monoisotopic (exact) mass is 213 g/mol. The van der Waals surface area contributed by atoms with Crippen LogP contribution in [0.25, 0.3) is 0 Å². The molecule has 1 fully saturated rings. The highest BCUT2D eigenvalue weighted by Gasteiger charge is 2.32. The van der Waals surface area contributed by atoms with Gasteiger partial charge < -0.3 is 15.1 Å². The number of amides is 2. The molecule has 0 aliphatic carbocycles. The number of carbonyl (C=O) groups excluding carboxylic acids is 1. The smallest absolute Gasteiger partial charge is 0.319 e. The Morgan fingerprint density at radius 1 is 1.47 bits per heavy atom. The quantitative estimate of drug-likeness (QED) is 0.705. The van der Waals surface area contributed by atoms with Crippen LogP contribution in [0.2, 0.25) is 0 Å². The molecule has 2 unspecified atom stereocenters. The Hall–Kier alpha value is -0.770. The van der Waals surface area contributed by atoms with Crippen LogP contribution in [0, 0.1) is 5.92 Å². The van der Waals surface area contributed by atoms with Crippen LogP contribution in [-0.4, -0.2) is 55.1 Å². The molecule has 2 amide bonds. The lowest BCUT2D eigenvalue weighted by atomic mass is 9.99. The van der Waals surface area contributed by atoms with E-state index < -0.39 is 0 Å². The Bertz CT molecular complexity index is 228. The SMILES string of the molecule is CC1CN(C(=O)N(C)C)C(C(C)C)CN1. The average molecular weight is 213 g/mol. The second-order valence-electron chi connectivity index (χ2n) is 4.95. The maximum Gasteiger partial charge on any atom is 0.319 e. The molecule has 1 N–H and O–H groups in total. The highest BCUT2D eigenvalue weighted by atomic mass is 16.2. The summed E-state index contributed by atoms with van der Waals surface area (Å²) in [7, 11) is 3.62. The van der Waals surface area contributed by atoms with Gasteiger partial charge in [0.25, 0.3) is 0 Å². The Morgan fingerprint density at radius 2 is 2.07 bits per heavy atom. The highest BCUT2D eigenvalue weighted by molar-refractivity contribution is 5.74. The first kappa shape index (κ1) is 12.3. The van der Waals surface area contributed by atoms with Gasteiger partial charge in [-0.3, -0.25) is 0 Å². The van der Waals surface area contributed by atoms with Crippen molar-refractivity contribution in [2.75, 3.05) is 27.2 Å². The van der Waals surface area contributed by atoms with Crippen molar-refractivity contribution in [3.05, 3.63) is 0 Å². The number of nitrogens with one attached hydrogen (secondary N) is 1. The summed E-state index contributed by atoms with van der Waals surface area (Å²) in [5.41, 5.74) is 0. The second-order valence-corrected chi connectivity index (χ2v) is 4.95. The van der Waals surface area contributed by atoms with E-state index in [0.29, 0.717) is 18.0 Å². The molecule has 88 valence electrons. The minimum Gasteiger partial charge on any atom is -0.331 e. The molecule has 4 heteroatoms. The van der Waals surface area contributed by atoms with Crippen LogP contribution in [-0.2, 0) is 0 Å². The highest BCUT2D eigenvalue weighted by Crippen LogP contribution is 2.16. The van der Waals surface area contributed by atoms with Crippen molar-refractivity contribution in [3.8, 4) is 0 Å². The van der Waals surface area contributed by atoms with Gasteiger partial charge >= 0.3 is 6.03 Å². The third-order valence-electron chi connectivity index (χ3n) is 2.94. The largest absolute Gasteiger partial charge is 0.331 e. The number of hydrogen-bond donors (Lipinski definition) is 1.